The van der Waals surface area contributed by atoms with Gasteiger partial charge in [-0.1, -0.05) is 41.5 Å². The van der Waals surface area contributed by atoms with Crippen molar-refractivity contribution in [3.63, 3.8) is 0 Å². The molecule has 0 amide bonds. The minimum absolute atomic E-state index is 0.149. The Kier molecular flexibility index (Phi) is 6.96. The lowest BCUT2D eigenvalue weighted by Gasteiger charge is -2.41. The zero-order valence-corrected chi connectivity index (χ0v) is 14.4. The fourth-order valence-electron chi connectivity index (χ4n) is 3.11. The molecule has 1 fully saturated rings. The lowest BCUT2D eigenvalue weighted by atomic mass is 9.87. The van der Waals surface area contributed by atoms with Crippen molar-refractivity contribution in [1.82, 2.24) is 10.2 Å². The van der Waals surface area contributed by atoms with Crippen LogP contribution in [0.4, 0.5) is 0 Å². The van der Waals surface area contributed by atoms with Gasteiger partial charge in [-0.25, -0.2) is 0 Å². The van der Waals surface area contributed by atoms with E-state index in [-0.39, 0.29) is 6.10 Å². The smallest absolute Gasteiger partial charge is 0.0578 e. The van der Waals surface area contributed by atoms with Crippen molar-refractivity contribution in [2.24, 2.45) is 17.3 Å². The summed E-state index contributed by atoms with van der Waals surface area (Å²) in [4.78, 5) is 2.54. The maximum Gasteiger partial charge on any atom is 0.0578 e. The summed E-state index contributed by atoms with van der Waals surface area (Å²) >= 11 is 0. The zero-order valence-electron chi connectivity index (χ0n) is 14.4. The maximum atomic E-state index is 10.2. The third kappa shape index (κ3) is 6.55. The molecule has 3 heteroatoms. The van der Waals surface area contributed by atoms with Crippen LogP contribution in [0.5, 0.6) is 0 Å². The third-order valence-electron chi connectivity index (χ3n) is 4.07. The van der Waals surface area contributed by atoms with Crippen molar-refractivity contribution in [2.75, 3.05) is 26.2 Å². The summed E-state index contributed by atoms with van der Waals surface area (Å²) in [6.07, 6.45) is 1.83. The number of hydrogen-bond donors (Lipinski definition) is 2. The normalized spacial score (nSPS) is 27.0. The largest absolute Gasteiger partial charge is 0.393 e. The van der Waals surface area contributed by atoms with Crippen LogP contribution in [0, 0.1) is 17.3 Å². The van der Waals surface area contributed by atoms with Crippen molar-refractivity contribution in [1.29, 1.82) is 0 Å². The van der Waals surface area contributed by atoms with Crippen LogP contribution in [0.15, 0.2) is 0 Å². The first-order chi connectivity index (χ1) is 9.21. The van der Waals surface area contributed by atoms with Gasteiger partial charge in [0.25, 0.3) is 0 Å². The number of hydrogen-bond acceptors (Lipinski definition) is 3. The first kappa shape index (κ1) is 17.9. The standard InChI is InChI=1S/C17H36N2O/c1-7-16(20)14-8-15(18-12-17(4,5)6)11-19(10-14)9-13(2)3/h13-16,18,20H,7-12H2,1-6H3. The molecule has 1 aliphatic heterocycles. The van der Waals surface area contributed by atoms with E-state index in [9.17, 15) is 5.11 Å². The minimum atomic E-state index is -0.149. The number of piperidine rings is 1. The van der Waals surface area contributed by atoms with Gasteiger partial charge in [0.2, 0.25) is 0 Å². The maximum absolute atomic E-state index is 10.2. The topological polar surface area (TPSA) is 35.5 Å². The van der Waals surface area contributed by atoms with Gasteiger partial charge >= 0.3 is 0 Å². The van der Waals surface area contributed by atoms with Gasteiger partial charge in [-0.2, -0.15) is 0 Å². The summed E-state index contributed by atoms with van der Waals surface area (Å²) in [5.41, 5.74) is 0.319. The summed E-state index contributed by atoms with van der Waals surface area (Å²) in [5.74, 6) is 1.11. The molecule has 0 radical (unpaired) electrons. The highest BCUT2D eigenvalue weighted by atomic mass is 16.3. The van der Waals surface area contributed by atoms with Gasteiger partial charge in [-0.05, 0) is 30.1 Å². The first-order valence-electron chi connectivity index (χ1n) is 8.35. The van der Waals surface area contributed by atoms with E-state index in [4.69, 9.17) is 0 Å². The molecule has 0 aromatic heterocycles. The Morgan fingerprint density at radius 2 is 1.90 bits per heavy atom. The minimum Gasteiger partial charge on any atom is -0.393 e. The fraction of sp³-hybridized carbons (Fsp3) is 1.00. The molecule has 3 atom stereocenters. The van der Waals surface area contributed by atoms with Crippen LogP contribution < -0.4 is 5.32 Å². The van der Waals surface area contributed by atoms with E-state index in [1.807, 2.05) is 0 Å². The number of rotatable bonds is 6. The molecule has 1 heterocycles. The predicted octanol–water partition coefficient (Wildman–Crippen LogP) is 2.74. The van der Waals surface area contributed by atoms with Crippen LogP contribution in [0.2, 0.25) is 0 Å². The fourth-order valence-corrected chi connectivity index (χ4v) is 3.11. The van der Waals surface area contributed by atoms with Crippen molar-refractivity contribution in [2.45, 2.75) is 66.5 Å². The Morgan fingerprint density at radius 1 is 1.25 bits per heavy atom. The second kappa shape index (κ2) is 7.77. The zero-order chi connectivity index (χ0) is 15.3. The van der Waals surface area contributed by atoms with Crippen molar-refractivity contribution in [3.8, 4) is 0 Å². The molecule has 1 rings (SSSR count). The Balaban J connectivity index is 2.59. The van der Waals surface area contributed by atoms with Crippen LogP contribution in [0.25, 0.3) is 0 Å². The van der Waals surface area contributed by atoms with Gasteiger partial charge in [-0.3, -0.25) is 0 Å². The van der Waals surface area contributed by atoms with Gasteiger partial charge in [0.05, 0.1) is 6.10 Å². The van der Waals surface area contributed by atoms with Gasteiger partial charge in [-0.15, -0.1) is 0 Å². The molecule has 2 N–H and O–H groups in total. The van der Waals surface area contributed by atoms with Crippen LogP contribution in [-0.4, -0.2) is 48.3 Å². The van der Waals surface area contributed by atoms with E-state index in [0.717, 1.165) is 39.0 Å². The molecule has 120 valence electrons. The highest BCUT2D eigenvalue weighted by molar-refractivity contribution is 4.87. The van der Waals surface area contributed by atoms with E-state index in [2.05, 4.69) is 51.8 Å². The number of likely N-dealkylation sites (tertiary alicyclic amines) is 1. The number of aliphatic hydroxyl groups excluding tert-OH is 1. The molecule has 3 unspecified atom stereocenters. The monoisotopic (exact) mass is 284 g/mol. The van der Waals surface area contributed by atoms with E-state index < -0.39 is 0 Å². The SMILES string of the molecule is CCC(O)C1CC(NCC(C)(C)C)CN(CC(C)C)C1. The molecular formula is C17H36N2O. The van der Waals surface area contributed by atoms with Gasteiger partial charge in [0.15, 0.2) is 0 Å². The Hall–Kier alpha value is -0.120. The van der Waals surface area contributed by atoms with Crippen LogP contribution >= 0.6 is 0 Å². The highest BCUT2D eigenvalue weighted by Gasteiger charge is 2.31. The molecule has 3 nitrogen and oxygen atoms in total. The Bertz CT molecular complexity index is 273. The van der Waals surface area contributed by atoms with Crippen molar-refractivity contribution < 1.29 is 5.11 Å². The number of aliphatic hydroxyl groups is 1. The summed E-state index contributed by atoms with van der Waals surface area (Å²) in [5, 5.41) is 13.9. The molecule has 0 aromatic rings. The second-order valence-corrected chi connectivity index (χ2v) is 8.22. The molecule has 0 aliphatic carbocycles. The van der Waals surface area contributed by atoms with Crippen molar-refractivity contribution >= 4 is 0 Å². The molecule has 0 spiro atoms. The molecule has 20 heavy (non-hydrogen) atoms. The second-order valence-electron chi connectivity index (χ2n) is 8.22. The Labute approximate surface area is 126 Å². The lowest BCUT2D eigenvalue weighted by Crippen LogP contribution is -2.53. The van der Waals surface area contributed by atoms with Crippen molar-refractivity contribution in [3.05, 3.63) is 0 Å². The lowest BCUT2D eigenvalue weighted by molar-refractivity contribution is 0.0304. The average Bonchev–Trinajstić information content (AvgIpc) is 2.33. The quantitative estimate of drug-likeness (QED) is 0.787. The van der Waals surface area contributed by atoms with E-state index in [1.165, 1.54) is 0 Å². The summed E-state index contributed by atoms with van der Waals surface area (Å²) in [6.45, 7) is 17.8. The third-order valence-corrected chi connectivity index (χ3v) is 4.07. The van der Waals surface area contributed by atoms with E-state index >= 15 is 0 Å². The highest BCUT2D eigenvalue weighted by Crippen LogP contribution is 2.23. The molecule has 1 saturated heterocycles. The van der Waals surface area contributed by atoms with Crippen LogP contribution in [0.3, 0.4) is 0 Å². The van der Waals surface area contributed by atoms with E-state index in [1.54, 1.807) is 0 Å². The van der Waals surface area contributed by atoms with Gasteiger partial charge < -0.3 is 15.3 Å². The van der Waals surface area contributed by atoms with Crippen LogP contribution in [0.1, 0.15) is 54.4 Å². The predicted molar refractivity (Wildman–Crippen MR) is 86.9 cm³/mol. The Morgan fingerprint density at radius 3 is 2.40 bits per heavy atom. The van der Waals surface area contributed by atoms with Crippen LogP contribution in [-0.2, 0) is 0 Å². The molecule has 0 saturated carbocycles. The molecular weight excluding hydrogens is 248 g/mol. The van der Waals surface area contributed by atoms with Gasteiger partial charge in [0, 0.05) is 32.2 Å². The molecule has 0 bridgehead atoms. The van der Waals surface area contributed by atoms with E-state index in [0.29, 0.717) is 23.3 Å². The average molecular weight is 284 g/mol. The number of nitrogens with zero attached hydrogens (tertiary/aromatic N) is 1. The molecule has 1 aliphatic rings. The van der Waals surface area contributed by atoms with Gasteiger partial charge in [0.1, 0.15) is 0 Å². The number of nitrogens with one attached hydrogen (secondary N) is 1. The first-order valence-corrected chi connectivity index (χ1v) is 8.35. The summed E-state index contributed by atoms with van der Waals surface area (Å²) in [6, 6.07) is 0.521. The summed E-state index contributed by atoms with van der Waals surface area (Å²) < 4.78 is 0. The summed E-state index contributed by atoms with van der Waals surface area (Å²) in [7, 11) is 0. The molecule has 0 aromatic carbocycles.